The number of hydrogen-bond donors (Lipinski definition) is 2. The van der Waals surface area contributed by atoms with Crippen LogP contribution >= 0.6 is 0 Å². The fourth-order valence-electron chi connectivity index (χ4n) is 3.31. The Morgan fingerprint density at radius 1 is 0.970 bits per heavy atom. The summed E-state index contributed by atoms with van der Waals surface area (Å²) in [5.74, 6) is 1.23. The Kier molecular flexibility index (Phi) is 7.91. The third kappa shape index (κ3) is 6.03. The van der Waals surface area contributed by atoms with Crippen LogP contribution in [0.15, 0.2) is 54.9 Å². The van der Waals surface area contributed by atoms with Crippen LogP contribution in [0.5, 0.6) is 17.2 Å². The normalized spacial score (nSPS) is 11.4. The number of amides is 2. The van der Waals surface area contributed by atoms with Gasteiger partial charge in [0.1, 0.15) is 6.04 Å². The molecule has 1 atom stereocenters. The molecule has 2 aromatic carbocycles. The Morgan fingerprint density at radius 2 is 1.64 bits per heavy atom. The molecule has 0 spiro atoms. The fourth-order valence-corrected chi connectivity index (χ4v) is 3.31. The van der Waals surface area contributed by atoms with Crippen molar-refractivity contribution in [2.45, 2.75) is 25.8 Å². The number of nitrogens with one attached hydrogen (secondary N) is 2. The van der Waals surface area contributed by atoms with Crippen molar-refractivity contribution in [3.8, 4) is 17.2 Å². The van der Waals surface area contributed by atoms with Gasteiger partial charge in [0.2, 0.25) is 17.6 Å². The van der Waals surface area contributed by atoms with E-state index in [0.29, 0.717) is 35.0 Å². The van der Waals surface area contributed by atoms with Gasteiger partial charge >= 0.3 is 0 Å². The third-order valence-corrected chi connectivity index (χ3v) is 5.08. The maximum Gasteiger partial charge on any atom is 0.248 e. The first-order valence-corrected chi connectivity index (χ1v) is 10.4. The summed E-state index contributed by atoms with van der Waals surface area (Å²) in [7, 11) is 4.65. The van der Waals surface area contributed by atoms with Gasteiger partial charge in [-0.1, -0.05) is 6.07 Å². The van der Waals surface area contributed by atoms with E-state index in [-0.39, 0.29) is 18.2 Å². The molecule has 1 heterocycles. The summed E-state index contributed by atoms with van der Waals surface area (Å²) in [6, 6.07) is 12.0. The molecule has 0 aliphatic carbocycles. The molecule has 3 aromatic rings. The second-order valence-corrected chi connectivity index (χ2v) is 7.31. The molecule has 1 aromatic heterocycles. The Labute approximate surface area is 192 Å². The van der Waals surface area contributed by atoms with Crippen molar-refractivity contribution >= 4 is 23.2 Å². The van der Waals surface area contributed by atoms with Crippen molar-refractivity contribution in [2.75, 3.05) is 32.0 Å². The first-order valence-electron chi connectivity index (χ1n) is 10.4. The Hall–Kier alpha value is -4.01. The van der Waals surface area contributed by atoms with Crippen LogP contribution in [-0.2, 0) is 16.0 Å². The molecule has 9 heteroatoms. The minimum absolute atomic E-state index is 0.155. The fraction of sp³-hybridized carbons (Fsp3) is 0.292. The summed E-state index contributed by atoms with van der Waals surface area (Å²) < 4.78 is 17.6. The van der Waals surface area contributed by atoms with Crippen LogP contribution in [0.3, 0.4) is 0 Å². The van der Waals surface area contributed by atoms with Gasteiger partial charge in [-0.2, -0.15) is 5.10 Å². The number of benzene rings is 2. The highest BCUT2D eigenvalue weighted by Crippen LogP contribution is 2.38. The Balaban J connectivity index is 1.59. The van der Waals surface area contributed by atoms with Gasteiger partial charge in [-0.15, -0.1) is 0 Å². The molecule has 0 fully saturated rings. The minimum Gasteiger partial charge on any atom is -0.493 e. The van der Waals surface area contributed by atoms with E-state index in [4.69, 9.17) is 14.2 Å². The number of carbonyl (C=O) groups excluding carboxylic acids is 2. The van der Waals surface area contributed by atoms with E-state index in [1.807, 2.05) is 12.1 Å². The van der Waals surface area contributed by atoms with Gasteiger partial charge in [-0.3, -0.25) is 14.3 Å². The van der Waals surface area contributed by atoms with Crippen LogP contribution < -0.4 is 24.8 Å². The van der Waals surface area contributed by atoms with Gasteiger partial charge in [0.05, 0.1) is 21.3 Å². The van der Waals surface area contributed by atoms with E-state index in [0.717, 1.165) is 5.56 Å². The summed E-state index contributed by atoms with van der Waals surface area (Å²) >= 11 is 0. The van der Waals surface area contributed by atoms with Crippen molar-refractivity contribution in [3.63, 3.8) is 0 Å². The summed E-state index contributed by atoms with van der Waals surface area (Å²) in [5.41, 5.74) is 2.06. The predicted molar refractivity (Wildman–Crippen MR) is 125 cm³/mol. The molecule has 0 bridgehead atoms. The zero-order valence-electron chi connectivity index (χ0n) is 19.1. The number of ether oxygens (including phenoxy) is 3. The lowest BCUT2D eigenvalue weighted by atomic mass is 10.1. The standard InChI is InChI=1S/C24H28N4O5/c1-16(28-12-6-11-25-28)24(30)27-19-8-5-7-18(15-19)26-22(29)10-9-17-13-20(31-2)23(33-4)21(14-17)32-3/h5-8,11-16H,9-10H2,1-4H3,(H,26,29)(H,27,30). The van der Waals surface area contributed by atoms with Crippen LogP contribution in [0.1, 0.15) is 24.9 Å². The topological polar surface area (TPSA) is 104 Å². The number of hydrogen-bond acceptors (Lipinski definition) is 6. The molecule has 0 saturated carbocycles. The maximum absolute atomic E-state index is 12.5. The number of anilines is 2. The predicted octanol–water partition coefficient (Wildman–Crippen LogP) is 3.68. The number of carbonyl (C=O) groups is 2. The van der Waals surface area contributed by atoms with E-state index in [2.05, 4.69) is 15.7 Å². The molecule has 174 valence electrons. The van der Waals surface area contributed by atoms with Crippen LogP contribution in [0.2, 0.25) is 0 Å². The van der Waals surface area contributed by atoms with Gasteiger partial charge in [-0.25, -0.2) is 0 Å². The van der Waals surface area contributed by atoms with Crippen molar-refractivity contribution in [1.82, 2.24) is 9.78 Å². The van der Waals surface area contributed by atoms with E-state index < -0.39 is 6.04 Å². The molecule has 1 unspecified atom stereocenters. The number of aromatic nitrogens is 2. The van der Waals surface area contributed by atoms with E-state index in [1.54, 1.807) is 75.7 Å². The quantitative estimate of drug-likeness (QED) is 0.486. The van der Waals surface area contributed by atoms with E-state index in [1.165, 1.54) is 0 Å². The molecule has 2 N–H and O–H groups in total. The molecule has 9 nitrogen and oxygen atoms in total. The maximum atomic E-state index is 12.5. The highest BCUT2D eigenvalue weighted by atomic mass is 16.5. The van der Waals surface area contributed by atoms with E-state index in [9.17, 15) is 9.59 Å². The van der Waals surface area contributed by atoms with Crippen LogP contribution in [0.4, 0.5) is 11.4 Å². The highest BCUT2D eigenvalue weighted by Gasteiger charge is 2.16. The average Bonchev–Trinajstić information content (AvgIpc) is 3.36. The second kappa shape index (κ2) is 11.0. The van der Waals surface area contributed by atoms with Crippen molar-refractivity contribution in [2.24, 2.45) is 0 Å². The van der Waals surface area contributed by atoms with Gasteiger partial charge in [-0.05, 0) is 55.3 Å². The van der Waals surface area contributed by atoms with Gasteiger partial charge < -0.3 is 24.8 Å². The lowest BCUT2D eigenvalue weighted by molar-refractivity contribution is -0.119. The molecule has 0 aliphatic heterocycles. The van der Waals surface area contributed by atoms with Gasteiger partial charge in [0, 0.05) is 30.2 Å². The molecular weight excluding hydrogens is 424 g/mol. The zero-order chi connectivity index (χ0) is 23.8. The molecule has 0 aliphatic rings. The number of nitrogens with zero attached hydrogens (tertiary/aromatic N) is 2. The summed E-state index contributed by atoms with van der Waals surface area (Å²) in [6.07, 6.45) is 4.10. The van der Waals surface area contributed by atoms with Crippen LogP contribution in [-0.4, -0.2) is 42.9 Å². The number of aryl methyl sites for hydroxylation is 1. The average molecular weight is 453 g/mol. The lowest BCUT2D eigenvalue weighted by Gasteiger charge is -2.14. The molecule has 3 rings (SSSR count). The zero-order valence-corrected chi connectivity index (χ0v) is 19.1. The van der Waals surface area contributed by atoms with Crippen molar-refractivity contribution in [1.29, 1.82) is 0 Å². The Morgan fingerprint density at radius 3 is 2.21 bits per heavy atom. The largest absolute Gasteiger partial charge is 0.493 e. The Bertz CT molecular complexity index is 1070. The van der Waals surface area contributed by atoms with Gasteiger partial charge in [0.25, 0.3) is 0 Å². The smallest absolute Gasteiger partial charge is 0.248 e. The molecule has 0 saturated heterocycles. The third-order valence-electron chi connectivity index (χ3n) is 5.08. The summed E-state index contributed by atoms with van der Waals surface area (Å²) in [4.78, 5) is 25.0. The second-order valence-electron chi connectivity index (χ2n) is 7.31. The number of rotatable bonds is 10. The number of methoxy groups -OCH3 is 3. The highest BCUT2D eigenvalue weighted by molar-refractivity contribution is 5.95. The lowest BCUT2D eigenvalue weighted by Crippen LogP contribution is -2.24. The summed E-state index contributed by atoms with van der Waals surface area (Å²) in [5, 5.41) is 9.80. The molecule has 33 heavy (non-hydrogen) atoms. The molecule has 0 radical (unpaired) electrons. The molecule has 2 amide bonds. The van der Waals surface area contributed by atoms with Crippen molar-refractivity contribution in [3.05, 3.63) is 60.4 Å². The SMILES string of the molecule is COc1cc(CCC(=O)Nc2cccc(NC(=O)C(C)n3cccn3)c2)cc(OC)c1OC. The summed E-state index contributed by atoms with van der Waals surface area (Å²) in [6.45, 7) is 1.76. The minimum atomic E-state index is -0.461. The first kappa shape index (κ1) is 23.6. The monoisotopic (exact) mass is 452 g/mol. The molecular formula is C24H28N4O5. The van der Waals surface area contributed by atoms with E-state index >= 15 is 0 Å². The van der Waals surface area contributed by atoms with Gasteiger partial charge in [0.15, 0.2) is 11.5 Å². The van der Waals surface area contributed by atoms with Crippen LogP contribution in [0, 0.1) is 0 Å². The van der Waals surface area contributed by atoms with Crippen molar-refractivity contribution < 1.29 is 23.8 Å². The first-order chi connectivity index (χ1) is 15.9. The van der Waals surface area contributed by atoms with Crippen LogP contribution in [0.25, 0.3) is 0 Å².